The van der Waals surface area contributed by atoms with Gasteiger partial charge in [0.25, 0.3) is 0 Å². The van der Waals surface area contributed by atoms with Gasteiger partial charge in [-0.15, -0.1) is 0 Å². The van der Waals surface area contributed by atoms with Crippen molar-refractivity contribution in [2.45, 2.75) is 24.9 Å². The van der Waals surface area contributed by atoms with Crippen LogP contribution in [-0.4, -0.2) is 37.1 Å². The molecule has 2 aromatic carbocycles. The second kappa shape index (κ2) is 8.51. The molecule has 4 rings (SSSR count). The summed E-state index contributed by atoms with van der Waals surface area (Å²) in [6.45, 7) is 3.55. The molecule has 0 bridgehead atoms. The molecule has 0 saturated carbocycles. The molecule has 0 spiro atoms. The maximum absolute atomic E-state index is 13.6. The largest absolute Gasteiger partial charge is 0.381 e. The van der Waals surface area contributed by atoms with E-state index in [0.717, 1.165) is 50.7 Å². The summed E-state index contributed by atoms with van der Waals surface area (Å²) in [6.07, 6.45) is 2.03. The monoisotopic (exact) mass is 390 g/mol. The Labute approximate surface area is 163 Å². The lowest BCUT2D eigenvalue weighted by atomic mass is 9.93. The number of likely N-dealkylation sites (tertiary alicyclic amines) is 1. The Kier molecular flexibility index (Phi) is 5.85. The highest BCUT2D eigenvalue weighted by Crippen LogP contribution is 2.27. The van der Waals surface area contributed by atoms with Crippen LogP contribution in [0.2, 0.25) is 0 Å². The van der Waals surface area contributed by atoms with Gasteiger partial charge in [0.15, 0.2) is 11.6 Å². The minimum Gasteiger partial charge on any atom is -0.381 e. The summed E-state index contributed by atoms with van der Waals surface area (Å²) in [4.78, 5) is 2.40. The molecular formula is C21H25F3N4. The first-order valence-electron chi connectivity index (χ1n) is 9.76. The first kappa shape index (κ1) is 19.2. The second-order valence-corrected chi connectivity index (χ2v) is 7.69. The van der Waals surface area contributed by atoms with Crippen LogP contribution in [0.3, 0.4) is 0 Å². The third-order valence-electron chi connectivity index (χ3n) is 5.59. The van der Waals surface area contributed by atoms with Crippen molar-refractivity contribution in [2.24, 2.45) is 5.92 Å². The maximum Gasteiger partial charge on any atom is 0.160 e. The van der Waals surface area contributed by atoms with E-state index >= 15 is 0 Å². The number of benzene rings is 2. The van der Waals surface area contributed by atoms with Crippen LogP contribution in [0.15, 0.2) is 42.5 Å². The number of hydrogen-bond acceptors (Lipinski definition) is 4. The molecule has 2 saturated heterocycles. The summed E-state index contributed by atoms with van der Waals surface area (Å²) < 4.78 is 40.2. The molecule has 0 amide bonds. The van der Waals surface area contributed by atoms with Gasteiger partial charge < -0.3 is 10.2 Å². The average Bonchev–Trinajstić information content (AvgIpc) is 3.13. The number of hydrogen-bond donors (Lipinski definition) is 3. The molecule has 7 heteroatoms. The molecule has 2 aliphatic rings. The average molecular weight is 390 g/mol. The van der Waals surface area contributed by atoms with Crippen LogP contribution < -0.4 is 16.2 Å². The van der Waals surface area contributed by atoms with Crippen molar-refractivity contribution in [3.05, 3.63) is 65.5 Å². The van der Waals surface area contributed by atoms with Gasteiger partial charge in [-0.05, 0) is 49.2 Å². The van der Waals surface area contributed by atoms with Crippen molar-refractivity contribution < 1.29 is 13.2 Å². The van der Waals surface area contributed by atoms with E-state index in [2.05, 4.69) is 21.1 Å². The SMILES string of the molecule is Fc1cccc(C2NNCC2CN2CCCC(Nc3ccc(F)c(F)c3)C2)c1. The summed E-state index contributed by atoms with van der Waals surface area (Å²) in [5.74, 6) is -1.57. The van der Waals surface area contributed by atoms with Crippen molar-refractivity contribution in [3.8, 4) is 0 Å². The zero-order valence-electron chi connectivity index (χ0n) is 15.6. The molecule has 3 atom stereocenters. The van der Waals surface area contributed by atoms with E-state index in [-0.39, 0.29) is 17.9 Å². The van der Waals surface area contributed by atoms with Crippen LogP contribution >= 0.6 is 0 Å². The predicted molar refractivity (Wildman–Crippen MR) is 103 cm³/mol. The Hall–Kier alpha value is -2.09. The molecule has 28 heavy (non-hydrogen) atoms. The van der Waals surface area contributed by atoms with Gasteiger partial charge in [0, 0.05) is 43.3 Å². The van der Waals surface area contributed by atoms with E-state index in [4.69, 9.17) is 0 Å². The summed E-state index contributed by atoms with van der Waals surface area (Å²) in [7, 11) is 0. The van der Waals surface area contributed by atoms with Gasteiger partial charge in [-0.3, -0.25) is 5.43 Å². The first-order chi connectivity index (χ1) is 13.6. The number of hydrazine groups is 1. The third-order valence-corrected chi connectivity index (χ3v) is 5.59. The van der Waals surface area contributed by atoms with Gasteiger partial charge in [0.05, 0.1) is 6.04 Å². The highest BCUT2D eigenvalue weighted by Gasteiger charge is 2.31. The van der Waals surface area contributed by atoms with Crippen molar-refractivity contribution in [3.63, 3.8) is 0 Å². The quantitative estimate of drug-likeness (QED) is 0.731. The van der Waals surface area contributed by atoms with Crippen LogP contribution in [-0.2, 0) is 0 Å². The smallest absolute Gasteiger partial charge is 0.160 e. The van der Waals surface area contributed by atoms with Gasteiger partial charge in [-0.1, -0.05) is 12.1 Å². The zero-order valence-corrected chi connectivity index (χ0v) is 15.6. The van der Waals surface area contributed by atoms with E-state index in [1.807, 2.05) is 6.07 Å². The standard InChI is InChI=1S/C21H25F3N4/c22-16-4-1-3-14(9-16)21-15(11-25-27-21)12-28-8-2-5-18(13-28)26-17-6-7-19(23)20(24)10-17/h1,3-4,6-7,9-10,15,18,21,25-27H,2,5,8,11-13H2. The normalized spacial score (nSPS) is 25.8. The molecule has 4 nitrogen and oxygen atoms in total. The predicted octanol–water partition coefficient (Wildman–Crippen LogP) is 3.45. The lowest BCUT2D eigenvalue weighted by Gasteiger charge is -2.36. The first-order valence-corrected chi connectivity index (χ1v) is 9.76. The van der Waals surface area contributed by atoms with E-state index < -0.39 is 11.6 Å². The van der Waals surface area contributed by atoms with Gasteiger partial charge in [0.1, 0.15) is 5.82 Å². The fourth-order valence-electron chi connectivity index (χ4n) is 4.25. The molecular weight excluding hydrogens is 365 g/mol. The fraction of sp³-hybridized carbons (Fsp3) is 0.429. The van der Waals surface area contributed by atoms with E-state index in [0.29, 0.717) is 11.6 Å². The fourth-order valence-corrected chi connectivity index (χ4v) is 4.25. The number of nitrogens with one attached hydrogen (secondary N) is 3. The van der Waals surface area contributed by atoms with Crippen molar-refractivity contribution in [2.75, 3.05) is 31.5 Å². The number of piperidine rings is 1. The zero-order chi connectivity index (χ0) is 19.5. The molecule has 3 unspecified atom stereocenters. The number of anilines is 1. The van der Waals surface area contributed by atoms with Gasteiger partial charge in [0.2, 0.25) is 0 Å². The third kappa shape index (κ3) is 4.48. The number of rotatable bonds is 5. The second-order valence-electron chi connectivity index (χ2n) is 7.69. The number of halogens is 3. The van der Waals surface area contributed by atoms with Crippen LogP contribution in [0.1, 0.15) is 24.4 Å². The molecule has 0 aromatic heterocycles. The van der Waals surface area contributed by atoms with Gasteiger partial charge in [-0.25, -0.2) is 18.6 Å². The molecule has 0 radical (unpaired) electrons. The Balaban J connectivity index is 1.37. The summed E-state index contributed by atoms with van der Waals surface area (Å²) in [6, 6.07) is 10.9. The molecule has 150 valence electrons. The van der Waals surface area contributed by atoms with Crippen molar-refractivity contribution >= 4 is 5.69 Å². The van der Waals surface area contributed by atoms with E-state index in [1.54, 1.807) is 18.2 Å². The molecule has 0 aliphatic carbocycles. The Morgan fingerprint density at radius 1 is 1.07 bits per heavy atom. The molecule has 2 aromatic rings. The summed E-state index contributed by atoms with van der Waals surface area (Å²) in [5, 5.41) is 3.32. The molecule has 2 aliphatic heterocycles. The van der Waals surface area contributed by atoms with E-state index in [9.17, 15) is 13.2 Å². The van der Waals surface area contributed by atoms with Gasteiger partial charge >= 0.3 is 0 Å². The summed E-state index contributed by atoms with van der Waals surface area (Å²) >= 11 is 0. The lowest BCUT2D eigenvalue weighted by molar-refractivity contribution is 0.183. The highest BCUT2D eigenvalue weighted by molar-refractivity contribution is 5.44. The highest BCUT2D eigenvalue weighted by atomic mass is 19.2. The Morgan fingerprint density at radius 2 is 1.96 bits per heavy atom. The molecule has 2 fully saturated rings. The maximum atomic E-state index is 13.6. The molecule has 3 N–H and O–H groups in total. The van der Waals surface area contributed by atoms with Crippen molar-refractivity contribution in [1.29, 1.82) is 0 Å². The summed E-state index contributed by atoms with van der Waals surface area (Å²) in [5.41, 5.74) is 8.02. The lowest BCUT2D eigenvalue weighted by Crippen LogP contribution is -2.45. The molecule has 2 heterocycles. The Bertz CT molecular complexity index is 816. The van der Waals surface area contributed by atoms with E-state index in [1.165, 1.54) is 12.1 Å². The minimum atomic E-state index is -0.835. The van der Waals surface area contributed by atoms with Crippen LogP contribution in [0.4, 0.5) is 18.9 Å². The van der Waals surface area contributed by atoms with Crippen molar-refractivity contribution in [1.82, 2.24) is 15.8 Å². The topological polar surface area (TPSA) is 39.3 Å². The number of nitrogens with zero attached hydrogens (tertiary/aromatic N) is 1. The minimum absolute atomic E-state index is 0.0650. The van der Waals surface area contributed by atoms with Crippen LogP contribution in [0.25, 0.3) is 0 Å². The Morgan fingerprint density at radius 3 is 2.79 bits per heavy atom. The van der Waals surface area contributed by atoms with Crippen LogP contribution in [0.5, 0.6) is 0 Å². The van der Waals surface area contributed by atoms with Crippen LogP contribution in [0, 0.1) is 23.4 Å². The van der Waals surface area contributed by atoms with Gasteiger partial charge in [-0.2, -0.15) is 0 Å².